The van der Waals surface area contributed by atoms with E-state index < -0.39 is 0 Å². The second-order valence-corrected chi connectivity index (χ2v) is 8.12. The molecule has 0 aromatic heterocycles. The largest absolute Gasteiger partial charge is 0.491 e. The van der Waals surface area contributed by atoms with Crippen LogP contribution in [-0.2, 0) is 4.79 Å². The number of carbonyl (C=O) groups excluding carboxylic acids is 1. The van der Waals surface area contributed by atoms with E-state index >= 15 is 0 Å². The van der Waals surface area contributed by atoms with Gasteiger partial charge in [0.25, 0.3) is 0 Å². The number of hydrogen-bond acceptors (Lipinski definition) is 3. The third-order valence-corrected chi connectivity index (χ3v) is 5.39. The predicted molar refractivity (Wildman–Crippen MR) is 123 cm³/mol. The van der Waals surface area contributed by atoms with Crippen molar-refractivity contribution in [1.82, 2.24) is 5.32 Å². The van der Waals surface area contributed by atoms with E-state index in [1.165, 1.54) is 11.1 Å². The first-order valence-electron chi connectivity index (χ1n) is 10.0. The number of amides is 1. The average molecular weight is 412 g/mol. The molecular formula is C23H29N3O2S. The molecule has 1 fully saturated rings. The van der Waals surface area contributed by atoms with Crippen molar-refractivity contribution >= 4 is 34.6 Å². The molecule has 1 heterocycles. The lowest BCUT2D eigenvalue weighted by atomic mass is 10.1. The molecule has 0 spiro atoms. The van der Waals surface area contributed by atoms with Gasteiger partial charge in [0.05, 0.1) is 6.04 Å². The van der Waals surface area contributed by atoms with Crippen LogP contribution in [0.5, 0.6) is 5.75 Å². The van der Waals surface area contributed by atoms with E-state index in [-0.39, 0.29) is 11.9 Å². The van der Waals surface area contributed by atoms with Crippen molar-refractivity contribution in [2.75, 3.05) is 23.4 Å². The highest BCUT2D eigenvalue weighted by Crippen LogP contribution is 2.27. The Morgan fingerprint density at radius 3 is 2.59 bits per heavy atom. The molecule has 3 rings (SSSR count). The molecule has 1 saturated heterocycles. The minimum atomic E-state index is 0.0548. The highest BCUT2D eigenvalue weighted by atomic mass is 32.1. The Kier molecular flexibility index (Phi) is 6.75. The van der Waals surface area contributed by atoms with Crippen LogP contribution in [0.25, 0.3) is 0 Å². The van der Waals surface area contributed by atoms with Gasteiger partial charge < -0.3 is 20.3 Å². The fourth-order valence-corrected chi connectivity index (χ4v) is 3.72. The average Bonchev–Trinajstić information content (AvgIpc) is 3.08. The molecule has 0 unspecified atom stereocenters. The van der Waals surface area contributed by atoms with Crippen molar-refractivity contribution in [3.63, 3.8) is 0 Å². The number of thiocarbonyl (C=S) groups is 1. The van der Waals surface area contributed by atoms with E-state index in [9.17, 15) is 4.79 Å². The van der Waals surface area contributed by atoms with Crippen LogP contribution in [0.4, 0.5) is 11.4 Å². The number of anilines is 2. The molecule has 1 aliphatic rings. The summed E-state index contributed by atoms with van der Waals surface area (Å²) in [6.45, 7) is 9.52. The zero-order valence-electron chi connectivity index (χ0n) is 17.5. The number of rotatable bonds is 6. The first-order valence-corrected chi connectivity index (χ1v) is 10.4. The highest BCUT2D eigenvalue weighted by Gasteiger charge is 2.23. The summed E-state index contributed by atoms with van der Waals surface area (Å²) in [5.74, 6) is 1.06. The fraction of sp³-hybridized carbons (Fsp3) is 0.391. The van der Waals surface area contributed by atoms with Crippen molar-refractivity contribution in [2.45, 2.75) is 46.6 Å². The normalized spacial score (nSPS) is 14.6. The number of nitrogens with one attached hydrogen (secondary N) is 2. The van der Waals surface area contributed by atoms with Gasteiger partial charge in [-0.1, -0.05) is 6.07 Å². The number of nitrogens with zero attached hydrogens (tertiary/aromatic N) is 1. The molecular weight excluding hydrogens is 382 g/mol. The van der Waals surface area contributed by atoms with Crippen molar-refractivity contribution in [3.8, 4) is 5.75 Å². The lowest BCUT2D eigenvalue weighted by molar-refractivity contribution is -0.117. The molecule has 154 valence electrons. The smallest absolute Gasteiger partial charge is 0.227 e. The van der Waals surface area contributed by atoms with E-state index in [1.54, 1.807) is 0 Å². The van der Waals surface area contributed by atoms with Crippen molar-refractivity contribution in [2.24, 2.45) is 0 Å². The van der Waals surface area contributed by atoms with E-state index in [2.05, 4.69) is 30.5 Å². The van der Waals surface area contributed by atoms with Gasteiger partial charge in [-0.2, -0.15) is 0 Å². The summed E-state index contributed by atoms with van der Waals surface area (Å²) in [5.41, 5.74) is 5.41. The molecule has 2 aromatic rings. The second-order valence-electron chi connectivity index (χ2n) is 7.71. The van der Waals surface area contributed by atoms with E-state index in [4.69, 9.17) is 17.0 Å². The Balaban J connectivity index is 1.51. The number of aryl methyl sites for hydroxylation is 3. The van der Waals surface area contributed by atoms with Crippen LogP contribution in [0.3, 0.4) is 0 Å². The molecule has 2 N–H and O–H groups in total. The van der Waals surface area contributed by atoms with E-state index in [1.807, 2.05) is 49.1 Å². The Hall–Kier alpha value is -2.60. The minimum Gasteiger partial charge on any atom is -0.491 e. The van der Waals surface area contributed by atoms with Crippen LogP contribution >= 0.6 is 12.2 Å². The zero-order valence-corrected chi connectivity index (χ0v) is 18.4. The van der Waals surface area contributed by atoms with Gasteiger partial charge >= 0.3 is 0 Å². The van der Waals surface area contributed by atoms with Crippen LogP contribution in [0, 0.1) is 20.8 Å². The van der Waals surface area contributed by atoms with Crippen molar-refractivity contribution in [1.29, 1.82) is 0 Å². The van der Waals surface area contributed by atoms with E-state index in [0.717, 1.165) is 35.7 Å². The minimum absolute atomic E-state index is 0.0548. The lowest BCUT2D eigenvalue weighted by Crippen LogP contribution is -2.39. The van der Waals surface area contributed by atoms with Crippen LogP contribution in [-0.4, -0.2) is 30.2 Å². The molecule has 0 aliphatic carbocycles. The molecule has 2 aromatic carbocycles. The predicted octanol–water partition coefficient (Wildman–Crippen LogP) is 4.49. The molecule has 0 saturated carbocycles. The Bertz CT molecular complexity index is 913. The van der Waals surface area contributed by atoms with Gasteiger partial charge in [-0.3, -0.25) is 4.79 Å². The third-order valence-electron chi connectivity index (χ3n) is 5.17. The van der Waals surface area contributed by atoms with E-state index in [0.29, 0.717) is 18.1 Å². The van der Waals surface area contributed by atoms with Gasteiger partial charge in [-0.05, 0) is 93.4 Å². The van der Waals surface area contributed by atoms with Gasteiger partial charge in [0, 0.05) is 24.3 Å². The van der Waals surface area contributed by atoms with Crippen LogP contribution in [0.2, 0.25) is 0 Å². The summed E-state index contributed by atoms with van der Waals surface area (Å²) >= 11 is 5.44. The summed E-state index contributed by atoms with van der Waals surface area (Å²) in [7, 11) is 0. The highest BCUT2D eigenvalue weighted by molar-refractivity contribution is 7.80. The lowest BCUT2D eigenvalue weighted by Gasteiger charge is -2.20. The van der Waals surface area contributed by atoms with Crippen LogP contribution in [0.15, 0.2) is 36.4 Å². The van der Waals surface area contributed by atoms with Gasteiger partial charge in [-0.25, -0.2) is 0 Å². The summed E-state index contributed by atoms with van der Waals surface area (Å²) in [4.78, 5) is 13.8. The molecule has 29 heavy (non-hydrogen) atoms. The summed E-state index contributed by atoms with van der Waals surface area (Å²) in [5, 5.41) is 7.02. The maximum atomic E-state index is 12.0. The monoisotopic (exact) mass is 411 g/mol. The SMILES string of the molecule is Cc1ccc(OC[C@@H](C)NC(=S)Nc2ccc(N3CCCC3=O)c(C)c2)cc1C. The molecule has 1 atom stereocenters. The Morgan fingerprint density at radius 2 is 1.93 bits per heavy atom. The first-order chi connectivity index (χ1) is 13.8. The standard InChI is InChI=1S/C23H29N3O2S/c1-15-7-9-20(13-16(15)2)28-14-18(4)24-23(29)25-19-8-10-21(17(3)12-19)26-11-5-6-22(26)27/h7-10,12-13,18H,5-6,11,14H2,1-4H3,(H2,24,25,29)/t18-/m1/s1. The molecule has 0 bridgehead atoms. The van der Waals surface area contributed by atoms with Crippen LogP contribution in [0.1, 0.15) is 36.5 Å². The summed E-state index contributed by atoms with van der Waals surface area (Å²) in [6.07, 6.45) is 1.56. The quantitative estimate of drug-likeness (QED) is 0.686. The Labute approximate surface area is 178 Å². The van der Waals surface area contributed by atoms with Gasteiger partial charge in [0.1, 0.15) is 12.4 Å². The Morgan fingerprint density at radius 1 is 1.14 bits per heavy atom. The first kappa shape index (κ1) is 21.1. The number of carbonyl (C=O) groups is 1. The molecule has 1 aliphatic heterocycles. The third kappa shape index (κ3) is 5.48. The van der Waals surface area contributed by atoms with Crippen LogP contribution < -0.4 is 20.3 Å². The zero-order chi connectivity index (χ0) is 21.0. The van der Waals surface area contributed by atoms with Gasteiger partial charge in [0.15, 0.2) is 5.11 Å². The van der Waals surface area contributed by atoms with Crippen molar-refractivity contribution in [3.05, 3.63) is 53.1 Å². The topological polar surface area (TPSA) is 53.6 Å². The number of ether oxygens (including phenoxy) is 1. The fourth-order valence-electron chi connectivity index (χ4n) is 3.40. The van der Waals surface area contributed by atoms with Gasteiger partial charge in [0.2, 0.25) is 5.91 Å². The molecule has 0 radical (unpaired) electrons. The maximum absolute atomic E-state index is 12.0. The maximum Gasteiger partial charge on any atom is 0.227 e. The molecule has 5 nitrogen and oxygen atoms in total. The van der Waals surface area contributed by atoms with Gasteiger partial charge in [-0.15, -0.1) is 0 Å². The second kappa shape index (κ2) is 9.27. The summed E-state index contributed by atoms with van der Waals surface area (Å²) < 4.78 is 5.87. The van der Waals surface area contributed by atoms with Crippen molar-refractivity contribution < 1.29 is 9.53 Å². The molecule has 1 amide bonds. The number of hydrogen-bond donors (Lipinski definition) is 2. The molecule has 6 heteroatoms. The number of benzene rings is 2. The summed E-state index contributed by atoms with van der Waals surface area (Å²) in [6, 6.07) is 12.1.